The number of nitrogens with one attached hydrogen (secondary N) is 1. The fraction of sp³-hybridized carbons (Fsp3) is 0.115. The largest absolute Gasteiger partial charge is 0.400 e. The number of anilines is 3. The third kappa shape index (κ3) is 4.23. The molecular weight excluding hydrogens is 564 g/mol. The lowest BCUT2D eigenvalue weighted by Crippen LogP contribution is -2.35. The van der Waals surface area contributed by atoms with E-state index in [1.807, 2.05) is 54.6 Å². The summed E-state index contributed by atoms with van der Waals surface area (Å²) in [4.78, 5) is 7.15. The van der Waals surface area contributed by atoms with Crippen LogP contribution in [0.5, 0.6) is 0 Å². The number of halogens is 3. The summed E-state index contributed by atoms with van der Waals surface area (Å²) in [6, 6.07) is 22.1. The summed E-state index contributed by atoms with van der Waals surface area (Å²) in [5, 5.41) is 4.21. The summed E-state index contributed by atoms with van der Waals surface area (Å²) in [5.41, 5.74) is 14.2. The number of nitrogens with zero attached hydrogens (tertiary/aromatic N) is 2. The Kier molecular flexibility index (Phi) is 6.08. The molecule has 0 saturated carbocycles. The predicted molar refractivity (Wildman–Crippen MR) is 146 cm³/mol. The average Bonchev–Trinajstić information content (AvgIpc) is 2.80. The fourth-order valence-corrected chi connectivity index (χ4v) is 4.97. The van der Waals surface area contributed by atoms with Crippen LogP contribution in [0.3, 0.4) is 0 Å². The van der Waals surface area contributed by atoms with Crippen LogP contribution in [0.1, 0.15) is 13.3 Å². The molecule has 0 bridgehead atoms. The number of benzene rings is 3. The second-order valence-electron chi connectivity index (χ2n) is 7.94. The Balaban J connectivity index is 1.66. The highest BCUT2D eigenvalue weighted by Gasteiger charge is 2.34. The number of hydrogen-bond acceptors (Lipinski definition) is 4. The molecule has 1 atom stereocenters. The molecule has 0 fully saturated rings. The monoisotopic (exact) mass is 582 g/mol. The minimum Gasteiger partial charge on any atom is -0.400 e. The third-order valence-corrected chi connectivity index (χ3v) is 7.12. The van der Waals surface area contributed by atoms with Crippen molar-refractivity contribution in [3.8, 4) is 0 Å². The summed E-state index contributed by atoms with van der Waals surface area (Å²) in [6.07, 6.45) is 2.97. The van der Waals surface area contributed by atoms with Gasteiger partial charge in [-0.15, -0.1) is 0 Å². The van der Waals surface area contributed by atoms with Crippen LogP contribution in [0.15, 0.2) is 104 Å². The Hall–Kier alpha value is -2.54. The summed E-state index contributed by atoms with van der Waals surface area (Å²) in [7, 11) is 0. The first-order valence-electron chi connectivity index (χ1n) is 10.6. The van der Waals surface area contributed by atoms with Gasteiger partial charge in [0.05, 0.1) is 22.8 Å². The first-order chi connectivity index (χ1) is 15.9. The van der Waals surface area contributed by atoms with E-state index in [-0.39, 0.29) is 5.92 Å². The van der Waals surface area contributed by atoms with Crippen LogP contribution in [-0.2, 0) is 0 Å². The van der Waals surface area contributed by atoms with E-state index < -0.39 is 0 Å². The summed E-state index contributed by atoms with van der Waals surface area (Å²) in [6.45, 7) is 2.15. The summed E-state index contributed by atoms with van der Waals surface area (Å²) < 4.78 is 2.06. The molecule has 4 nitrogen and oxygen atoms in total. The van der Waals surface area contributed by atoms with E-state index in [9.17, 15) is 0 Å². The van der Waals surface area contributed by atoms with Gasteiger partial charge in [0.25, 0.3) is 0 Å². The van der Waals surface area contributed by atoms with Crippen LogP contribution in [0.2, 0.25) is 5.02 Å². The molecule has 1 aliphatic carbocycles. The number of nitrogens with two attached hydrogens (primary N) is 1. The van der Waals surface area contributed by atoms with Gasteiger partial charge < -0.3 is 16.0 Å². The second-order valence-corrected chi connectivity index (χ2v) is 10.2. The molecule has 5 rings (SSSR count). The van der Waals surface area contributed by atoms with Gasteiger partial charge >= 0.3 is 0 Å². The number of allylic oxidation sites excluding steroid dienone is 1. The molecule has 3 aromatic carbocycles. The van der Waals surface area contributed by atoms with Gasteiger partial charge in [-0.1, -0.05) is 50.4 Å². The smallest absolute Gasteiger partial charge is 0.0917 e. The van der Waals surface area contributed by atoms with Crippen LogP contribution in [0.25, 0.3) is 0 Å². The van der Waals surface area contributed by atoms with E-state index in [0.29, 0.717) is 5.02 Å². The van der Waals surface area contributed by atoms with Crippen molar-refractivity contribution < 1.29 is 0 Å². The normalized spacial score (nSPS) is 17.2. The van der Waals surface area contributed by atoms with Gasteiger partial charge in [0.1, 0.15) is 0 Å². The van der Waals surface area contributed by atoms with E-state index in [0.717, 1.165) is 60.9 Å². The quantitative estimate of drug-likeness (QED) is 0.324. The standard InChI is InChI=1S/C26H21Br2ClN4/c1-2-20-21(31-18-8-3-15(27)4-9-18)14-23-26(25(20)30)33(19-10-5-16(28)6-11-19)24-12-7-17(29)13-22(24)32-23/h3-14,20,31H,2,30H2,1H3. The van der Waals surface area contributed by atoms with Gasteiger partial charge in [-0.25, -0.2) is 4.99 Å². The molecule has 0 saturated heterocycles. The lowest BCUT2D eigenvalue weighted by atomic mass is 9.88. The number of fused-ring (bicyclic) bond motifs is 2. The number of aliphatic imine (C=N–C) groups is 1. The van der Waals surface area contributed by atoms with E-state index in [1.165, 1.54) is 0 Å². The topological polar surface area (TPSA) is 53.7 Å². The average molecular weight is 585 g/mol. The summed E-state index contributed by atoms with van der Waals surface area (Å²) >= 11 is 13.4. The Bertz CT molecular complexity index is 1310. The highest BCUT2D eigenvalue weighted by Crippen LogP contribution is 2.46. The lowest BCUT2D eigenvalue weighted by molar-refractivity contribution is 0.668. The molecule has 33 heavy (non-hydrogen) atoms. The maximum atomic E-state index is 6.89. The highest BCUT2D eigenvalue weighted by atomic mass is 79.9. The Morgan fingerprint density at radius 2 is 1.67 bits per heavy atom. The molecule has 2 aliphatic rings. The molecule has 0 aromatic heterocycles. The van der Waals surface area contributed by atoms with Gasteiger partial charge in [-0.05, 0) is 79.2 Å². The van der Waals surface area contributed by atoms with Crippen molar-refractivity contribution in [2.75, 3.05) is 10.2 Å². The molecule has 3 N–H and O–H groups in total. The number of rotatable bonds is 4. The zero-order valence-electron chi connectivity index (χ0n) is 17.8. The Morgan fingerprint density at radius 3 is 2.33 bits per heavy atom. The van der Waals surface area contributed by atoms with Gasteiger partial charge in [0.15, 0.2) is 0 Å². The first kappa shape index (κ1) is 22.3. The van der Waals surface area contributed by atoms with Crippen LogP contribution in [0, 0.1) is 5.92 Å². The van der Waals surface area contributed by atoms with Gasteiger partial charge in [0, 0.05) is 42.7 Å². The van der Waals surface area contributed by atoms with Crippen molar-refractivity contribution >= 4 is 71.9 Å². The van der Waals surface area contributed by atoms with Crippen molar-refractivity contribution in [1.82, 2.24) is 0 Å². The van der Waals surface area contributed by atoms with Crippen LogP contribution in [-0.4, -0.2) is 5.71 Å². The van der Waals surface area contributed by atoms with Crippen molar-refractivity contribution in [1.29, 1.82) is 0 Å². The Labute approximate surface area is 215 Å². The molecule has 166 valence electrons. The summed E-state index contributed by atoms with van der Waals surface area (Å²) in [5.74, 6) is 0.0365. The molecule has 0 radical (unpaired) electrons. The van der Waals surface area contributed by atoms with E-state index in [2.05, 4.69) is 67.2 Å². The van der Waals surface area contributed by atoms with E-state index in [4.69, 9.17) is 22.3 Å². The minimum atomic E-state index is 0.0365. The molecule has 1 unspecified atom stereocenters. The van der Waals surface area contributed by atoms with Crippen molar-refractivity contribution in [3.63, 3.8) is 0 Å². The van der Waals surface area contributed by atoms with E-state index in [1.54, 1.807) is 0 Å². The zero-order chi connectivity index (χ0) is 23.1. The zero-order valence-corrected chi connectivity index (χ0v) is 21.7. The maximum absolute atomic E-state index is 6.89. The second kappa shape index (κ2) is 9.01. The highest BCUT2D eigenvalue weighted by molar-refractivity contribution is 9.10. The SMILES string of the molecule is CCC1C(Nc2ccc(Br)cc2)=CC2=Nc3cc(Cl)ccc3N(c3ccc(Br)cc3)C2=C1N. The van der Waals surface area contributed by atoms with Crippen LogP contribution in [0.4, 0.5) is 22.7 Å². The molecule has 0 amide bonds. The molecule has 7 heteroatoms. The van der Waals surface area contributed by atoms with E-state index >= 15 is 0 Å². The van der Waals surface area contributed by atoms with Crippen LogP contribution < -0.4 is 16.0 Å². The van der Waals surface area contributed by atoms with Crippen LogP contribution >= 0.6 is 43.5 Å². The van der Waals surface area contributed by atoms with Gasteiger partial charge in [-0.2, -0.15) is 0 Å². The first-order valence-corrected chi connectivity index (χ1v) is 12.6. The lowest BCUT2D eigenvalue weighted by Gasteiger charge is -2.38. The number of hydrogen-bond donors (Lipinski definition) is 2. The van der Waals surface area contributed by atoms with Gasteiger partial charge in [0.2, 0.25) is 0 Å². The molecule has 0 spiro atoms. The molecule has 1 aliphatic heterocycles. The minimum absolute atomic E-state index is 0.0365. The third-order valence-electron chi connectivity index (χ3n) is 5.83. The fourth-order valence-electron chi connectivity index (χ4n) is 4.27. The van der Waals surface area contributed by atoms with Crippen molar-refractivity contribution in [3.05, 3.63) is 104 Å². The Morgan fingerprint density at radius 1 is 1.00 bits per heavy atom. The maximum Gasteiger partial charge on any atom is 0.0917 e. The molecule has 3 aromatic rings. The van der Waals surface area contributed by atoms with Crippen molar-refractivity contribution in [2.24, 2.45) is 16.6 Å². The molecule has 1 heterocycles. The molecular formula is C26H21Br2ClN4. The van der Waals surface area contributed by atoms with Gasteiger partial charge in [-0.3, -0.25) is 0 Å². The predicted octanol–water partition coefficient (Wildman–Crippen LogP) is 8.30. The van der Waals surface area contributed by atoms with Crippen molar-refractivity contribution in [2.45, 2.75) is 13.3 Å².